The Morgan fingerprint density at radius 1 is 1.25 bits per heavy atom. The minimum atomic E-state index is -1.01. The lowest BCUT2D eigenvalue weighted by molar-refractivity contribution is -0.138. The number of carbonyl (C=O) groups is 2. The van der Waals surface area contributed by atoms with Crippen molar-refractivity contribution in [3.8, 4) is 0 Å². The summed E-state index contributed by atoms with van der Waals surface area (Å²) in [5.41, 5.74) is 2.24. The number of nitrogens with one attached hydrogen (secondary N) is 1. The quantitative estimate of drug-likeness (QED) is 0.838. The first-order chi connectivity index (χ1) is 9.45. The Labute approximate surface area is 119 Å². The second kappa shape index (κ2) is 7.53. The number of carboxylic acids is 1. The second-order valence-electron chi connectivity index (χ2n) is 4.90. The summed E-state index contributed by atoms with van der Waals surface area (Å²) < 4.78 is 0. The van der Waals surface area contributed by atoms with Crippen LogP contribution < -0.4 is 5.32 Å². The molecule has 2 N–H and O–H groups in total. The van der Waals surface area contributed by atoms with Gasteiger partial charge in [-0.1, -0.05) is 31.2 Å². The maximum absolute atomic E-state index is 12.0. The molecule has 0 heterocycles. The molecule has 0 aromatic heterocycles. The van der Waals surface area contributed by atoms with E-state index in [0.717, 1.165) is 12.0 Å². The molecule has 0 radical (unpaired) electrons. The highest BCUT2D eigenvalue weighted by Crippen LogP contribution is 2.09. The maximum Gasteiger partial charge on any atom is 0.323 e. The average Bonchev–Trinajstić information content (AvgIpc) is 2.42. The smallest absolute Gasteiger partial charge is 0.323 e. The van der Waals surface area contributed by atoms with Gasteiger partial charge < -0.3 is 15.3 Å². The summed E-state index contributed by atoms with van der Waals surface area (Å²) >= 11 is 0. The first-order valence-corrected chi connectivity index (χ1v) is 6.78. The molecule has 0 aliphatic carbocycles. The Hall–Kier alpha value is -2.04. The first kappa shape index (κ1) is 16.0. The zero-order chi connectivity index (χ0) is 15.1. The number of urea groups is 1. The molecule has 5 heteroatoms. The van der Waals surface area contributed by atoms with Gasteiger partial charge in [0, 0.05) is 12.6 Å². The van der Waals surface area contributed by atoms with E-state index >= 15 is 0 Å². The van der Waals surface area contributed by atoms with E-state index < -0.39 is 5.97 Å². The minimum Gasteiger partial charge on any atom is -0.480 e. The molecular weight excluding hydrogens is 256 g/mol. The van der Waals surface area contributed by atoms with Crippen LogP contribution in [0.4, 0.5) is 4.79 Å². The van der Waals surface area contributed by atoms with E-state index in [0.29, 0.717) is 6.54 Å². The van der Waals surface area contributed by atoms with Crippen molar-refractivity contribution in [3.05, 3.63) is 35.4 Å². The van der Waals surface area contributed by atoms with Crippen LogP contribution in [0.1, 0.15) is 31.9 Å². The Balaban J connectivity index is 2.67. The Kier molecular flexibility index (Phi) is 6.03. The fourth-order valence-electron chi connectivity index (χ4n) is 1.98. The molecule has 0 saturated heterocycles. The molecule has 0 spiro atoms. The molecule has 5 nitrogen and oxygen atoms in total. The lowest BCUT2D eigenvalue weighted by Gasteiger charge is -2.25. The third-order valence-corrected chi connectivity index (χ3v) is 3.12. The van der Waals surface area contributed by atoms with E-state index in [2.05, 4.69) is 12.2 Å². The standard InChI is InChI=1S/C15H22N2O3/c1-4-12-7-5-6-8-13(12)9-16-15(20)17(11(2)3)10-14(18)19/h5-8,11H,4,9-10H2,1-3H3,(H,16,20)(H,18,19). The molecule has 0 unspecified atom stereocenters. The minimum absolute atomic E-state index is 0.160. The number of amides is 2. The lowest BCUT2D eigenvalue weighted by Crippen LogP contribution is -2.46. The number of hydrogen-bond donors (Lipinski definition) is 2. The molecule has 1 aromatic rings. The largest absolute Gasteiger partial charge is 0.480 e. The van der Waals surface area contributed by atoms with Crippen LogP contribution in [0.2, 0.25) is 0 Å². The van der Waals surface area contributed by atoms with Crippen LogP contribution in [0.3, 0.4) is 0 Å². The molecule has 0 saturated carbocycles. The van der Waals surface area contributed by atoms with Crippen molar-refractivity contribution in [2.75, 3.05) is 6.54 Å². The molecule has 0 aliphatic heterocycles. The van der Waals surface area contributed by atoms with Crippen molar-refractivity contribution >= 4 is 12.0 Å². The predicted molar refractivity (Wildman–Crippen MR) is 77.5 cm³/mol. The van der Waals surface area contributed by atoms with Gasteiger partial charge in [0.2, 0.25) is 0 Å². The SMILES string of the molecule is CCc1ccccc1CNC(=O)N(CC(=O)O)C(C)C. The fraction of sp³-hybridized carbons (Fsp3) is 0.467. The van der Waals surface area contributed by atoms with E-state index in [1.54, 1.807) is 13.8 Å². The maximum atomic E-state index is 12.0. The molecule has 0 atom stereocenters. The number of rotatable bonds is 6. The van der Waals surface area contributed by atoms with Crippen molar-refractivity contribution in [2.24, 2.45) is 0 Å². The van der Waals surface area contributed by atoms with Crippen LogP contribution in [0.25, 0.3) is 0 Å². The fourth-order valence-corrected chi connectivity index (χ4v) is 1.98. The van der Waals surface area contributed by atoms with E-state index in [1.807, 2.05) is 24.3 Å². The number of nitrogens with zero attached hydrogens (tertiary/aromatic N) is 1. The molecule has 1 rings (SSSR count). The molecule has 1 aromatic carbocycles. The highest BCUT2D eigenvalue weighted by atomic mass is 16.4. The van der Waals surface area contributed by atoms with Gasteiger partial charge in [0.25, 0.3) is 0 Å². The van der Waals surface area contributed by atoms with Crippen LogP contribution in [0.5, 0.6) is 0 Å². The van der Waals surface area contributed by atoms with Crippen molar-refractivity contribution in [3.63, 3.8) is 0 Å². The lowest BCUT2D eigenvalue weighted by atomic mass is 10.1. The van der Waals surface area contributed by atoms with Crippen LogP contribution >= 0.6 is 0 Å². The molecule has 20 heavy (non-hydrogen) atoms. The topological polar surface area (TPSA) is 69.6 Å². The summed E-state index contributed by atoms with van der Waals surface area (Å²) in [7, 11) is 0. The third-order valence-electron chi connectivity index (χ3n) is 3.12. The number of carbonyl (C=O) groups excluding carboxylic acids is 1. The molecule has 0 fully saturated rings. The van der Waals surface area contributed by atoms with Gasteiger partial charge in [-0.05, 0) is 31.4 Å². The highest BCUT2D eigenvalue weighted by molar-refractivity contribution is 5.80. The van der Waals surface area contributed by atoms with Crippen LogP contribution in [-0.2, 0) is 17.8 Å². The van der Waals surface area contributed by atoms with Crippen molar-refractivity contribution in [1.29, 1.82) is 0 Å². The first-order valence-electron chi connectivity index (χ1n) is 6.78. The van der Waals surface area contributed by atoms with Gasteiger partial charge in [0.15, 0.2) is 0 Å². The molecule has 110 valence electrons. The monoisotopic (exact) mass is 278 g/mol. The van der Waals surface area contributed by atoms with Crippen LogP contribution in [0.15, 0.2) is 24.3 Å². The van der Waals surface area contributed by atoms with Gasteiger partial charge >= 0.3 is 12.0 Å². The average molecular weight is 278 g/mol. The number of hydrogen-bond acceptors (Lipinski definition) is 2. The Bertz CT molecular complexity index is 472. The van der Waals surface area contributed by atoms with E-state index in [-0.39, 0.29) is 18.6 Å². The van der Waals surface area contributed by atoms with Crippen LogP contribution in [0, 0.1) is 0 Å². The van der Waals surface area contributed by atoms with E-state index in [4.69, 9.17) is 5.11 Å². The zero-order valence-electron chi connectivity index (χ0n) is 12.2. The third kappa shape index (κ3) is 4.57. The van der Waals surface area contributed by atoms with Gasteiger partial charge in [0.1, 0.15) is 6.54 Å². The Morgan fingerprint density at radius 2 is 1.85 bits per heavy atom. The summed E-state index contributed by atoms with van der Waals surface area (Å²) in [4.78, 5) is 24.1. The molecule has 0 aliphatic rings. The number of aryl methyl sites for hydroxylation is 1. The van der Waals surface area contributed by atoms with Gasteiger partial charge in [-0.2, -0.15) is 0 Å². The summed E-state index contributed by atoms with van der Waals surface area (Å²) in [5, 5.41) is 11.6. The van der Waals surface area contributed by atoms with E-state index in [9.17, 15) is 9.59 Å². The van der Waals surface area contributed by atoms with Crippen molar-refractivity contribution in [1.82, 2.24) is 10.2 Å². The van der Waals surface area contributed by atoms with Crippen molar-refractivity contribution < 1.29 is 14.7 Å². The molecule has 2 amide bonds. The number of aliphatic carboxylic acids is 1. The Morgan fingerprint density at radius 3 is 2.35 bits per heavy atom. The van der Waals surface area contributed by atoms with Gasteiger partial charge in [-0.15, -0.1) is 0 Å². The van der Waals surface area contributed by atoms with Gasteiger partial charge in [-0.25, -0.2) is 4.79 Å². The van der Waals surface area contributed by atoms with E-state index in [1.165, 1.54) is 10.5 Å². The second-order valence-corrected chi connectivity index (χ2v) is 4.90. The summed E-state index contributed by atoms with van der Waals surface area (Å²) in [6, 6.07) is 7.38. The van der Waals surface area contributed by atoms with Gasteiger partial charge in [0.05, 0.1) is 0 Å². The summed E-state index contributed by atoms with van der Waals surface area (Å²) in [6.07, 6.45) is 0.898. The molecule has 0 bridgehead atoms. The number of carboxylic acid groups (broad SMARTS) is 1. The zero-order valence-corrected chi connectivity index (χ0v) is 12.2. The molecular formula is C15H22N2O3. The summed E-state index contributed by atoms with van der Waals surface area (Å²) in [6.45, 7) is 5.77. The highest BCUT2D eigenvalue weighted by Gasteiger charge is 2.19. The van der Waals surface area contributed by atoms with Crippen LogP contribution in [-0.4, -0.2) is 34.6 Å². The van der Waals surface area contributed by atoms with Gasteiger partial charge in [-0.3, -0.25) is 4.79 Å². The van der Waals surface area contributed by atoms with Crippen molar-refractivity contribution in [2.45, 2.75) is 39.8 Å². The normalized spacial score (nSPS) is 10.4. The summed E-state index contributed by atoms with van der Waals surface area (Å²) in [5.74, 6) is -1.01. The number of benzene rings is 1. The predicted octanol–water partition coefficient (Wildman–Crippen LogP) is 2.25.